The van der Waals surface area contributed by atoms with E-state index in [0.717, 1.165) is 17.5 Å². The van der Waals surface area contributed by atoms with Gasteiger partial charge in [-0.25, -0.2) is 15.0 Å². The lowest BCUT2D eigenvalue weighted by Crippen LogP contribution is -2.52. The van der Waals surface area contributed by atoms with Gasteiger partial charge in [0.25, 0.3) is 5.91 Å². The Hall–Kier alpha value is -3.42. The fraction of sp³-hybridized carbons (Fsp3) is 0.333. The van der Waals surface area contributed by atoms with E-state index in [1.165, 1.54) is 0 Å². The number of rotatable bonds is 5. The minimum absolute atomic E-state index is 0.00548. The van der Waals surface area contributed by atoms with Crippen LogP contribution in [0, 0.1) is 6.92 Å². The molecule has 3 aromatic rings. The molecule has 0 aliphatic carbocycles. The Morgan fingerprint density at radius 1 is 1.03 bits per heavy atom. The van der Waals surface area contributed by atoms with Crippen LogP contribution < -0.4 is 9.64 Å². The summed E-state index contributed by atoms with van der Waals surface area (Å²) in [6.45, 7) is 6.42. The minimum atomic E-state index is -0.515. The Labute approximate surface area is 169 Å². The molecule has 4 rings (SSSR count). The predicted molar refractivity (Wildman–Crippen MR) is 109 cm³/mol. The molecular weight excluding hydrogens is 368 g/mol. The zero-order chi connectivity index (χ0) is 20.2. The van der Waals surface area contributed by atoms with Gasteiger partial charge in [0.05, 0.1) is 0 Å². The second kappa shape index (κ2) is 8.30. The van der Waals surface area contributed by atoms with Gasteiger partial charge < -0.3 is 14.5 Å². The highest BCUT2D eigenvalue weighted by Gasteiger charge is 2.26. The van der Waals surface area contributed by atoms with E-state index in [1.54, 1.807) is 19.4 Å². The first-order chi connectivity index (χ1) is 14.1. The number of carbonyl (C=O) groups excluding carboxylic acids is 1. The van der Waals surface area contributed by atoms with Gasteiger partial charge in [-0.1, -0.05) is 18.2 Å². The first-order valence-corrected chi connectivity index (χ1v) is 9.69. The largest absolute Gasteiger partial charge is 0.481 e. The topological polar surface area (TPSA) is 76.4 Å². The molecule has 0 radical (unpaired) electrons. The molecule has 3 heterocycles. The number of anilines is 1. The number of amides is 1. The Morgan fingerprint density at radius 2 is 1.76 bits per heavy atom. The summed E-state index contributed by atoms with van der Waals surface area (Å²) in [5.41, 5.74) is 0. The number of hydrogen-bond donors (Lipinski definition) is 0. The normalized spacial score (nSPS) is 15.2. The number of aryl methyl sites for hydroxylation is 1. The molecule has 0 spiro atoms. The molecule has 1 aliphatic heterocycles. The van der Waals surface area contributed by atoms with Crippen molar-refractivity contribution in [1.82, 2.24) is 24.4 Å². The molecule has 1 aromatic carbocycles. The maximum absolute atomic E-state index is 12.7. The van der Waals surface area contributed by atoms with Crippen LogP contribution in [-0.2, 0) is 4.79 Å². The smallest absolute Gasteiger partial charge is 0.263 e. The van der Waals surface area contributed by atoms with E-state index < -0.39 is 6.10 Å². The molecule has 0 N–H and O–H groups in total. The maximum atomic E-state index is 12.7. The van der Waals surface area contributed by atoms with Crippen LogP contribution in [-0.4, -0.2) is 62.6 Å². The molecule has 8 nitrogen and oxygen atoms in total. The third kappa shape index (κ3) is 4.21. The van der Waals surface area contributed by atoms with Gasteiger partial charge in [-0.15, -0.1) is 0 Å². The Bertz CT molecular complexity index is 966. The third-order valence-corrected chi connectivity index (χ3v) is 5.03. The fourth-order valence-electron chi connectivity index (χ4n) is 3.43. The summed E-state index contributed by atoms with van der Waals surface area (Å²) < 4.78 is 7.70. The van der Waals surface area contributed by atoms with E-state index in [9.17, 15) is 4.79 Å². The zero-order valence-electron chi connectivity index (χ0n) is 16.6. The summed E-state index contributed by atoms with van der Waals surface area (Å²) in [6.07, 6.45) is 4.68. The van der Waals surface area contributed by atoms with E-state index in [0.29, 0.717) is 31.9 Å². The highest BCUT2D eigenvalue weighted by molar-refractivity contribution is 5.81. The minimum Gasteiger partial charge on any atom is -0.481 e. The first kappa shape index (κ1) is 18.9. The van der Waals surface area contributed by atoms with Gasteiger partial charge in [-0.2, -0.15) is 0 Å². The number of aromatic nitrogens is 4. The predicted octanol–water partition coefficient (Wildman–Crippen LogP) is 2.09. The summed E-state index contributed by atoms with van der Waals surface area (Å²) in [7, 11) is 0. The van der Waals surface area contributed by atoms with Crippen LogP contribution in [0.5, 0.6) is 5.75 Å². The highest BCUT2D eigenvalue weighted by atomic mass is 16.5. The summed E-state index contributed by atoms with van der Waals surface area (Å²) in [5, 5.41) is 0. The summed E-state index contributed by atoms with van der Waals surface area (Å²) in [4.78, 5) is 29.8. The SMILES string of the molecule is Cc1nccn1-c1cc(N2CCN(C(=O)[C@H](C)Oc3ccccc3)CC2)ncn1. The van der Waals surface area contributed by atoms with Gasteiger partial charge >= 0.3 is 0 Å². The number of para-hydroxylation sites is 1. The number of benzene rings is 1. The standard InChI is InChI=1S/C21H24N6O2/c1-16(29-18-6-4-3-5-7-18)21(28)26-12-10-25(11-13-26)19-14-20(24-15-23-19)27-9-8-22-17(27)2/h3-9,14-16H,10-13H2,1-2H3/t16-/m0/s1. The molecule has 1 fully saturated rings. The second-order valence-corrected chi connectivity index (χ2v) is 6.96. The van der Waals surface area contributed by atoms with Crippen LogP contribution in [0.25, 0.3) is 5.82 Å². The number of imidazole rings is 1. The van der Waals surface area contributed by atoms with Crippen molar-refractivity contribution in [3.8, 4) is 11.6 Å². The maximum Gasteiger partial charge on any atom is 0.263 e. The average Bonchev–Trinajstić information content (AvgIpc) is 3.20. The summed E-state index contributed by atoms with van der Waals surface area (Å²) in [5.74, 6) is 3.22. The molecule has 0 saturated carbocycles. The molecule has 1 aliphatic rings. The Balaban J connectivity index is 1.37. The fourth-order valence-corrected chi connectivity index (χ4v) is 3.43. The molecule has 2 aromatic heterocycles. The van der Waals surface area contributed by atoms with Gasteiger partial charge in [-0.05, 0) is 26.0 Å². The van der Waals surface area contributed by atoms with Crippen molar-refractivity contribution in [3.63, 3.8) is 0 Å². The number of carbonyl (C=O) groups is 1. The highest BCUT2D eigenvalue weighted by Crippen LogP contribution is 2.18. The van der Waals surface area contributed by atoms with Crippen molar-refractivity contribution < 1.29 is 9.53 Å². The number of hydrogen-bond acceptors (Lipinski definition) is 6. The molecule has 1 saturated heterocycles. The first-order valence-electron chi connectivity index (χ1n) is 9.69. The second-order valence-electron chi connectivity index (χ2n) is 6.96. The Kier molecular flexibility index (Phi) is 5.41. The van der Waals surface area contributed by atoms with Crippen molar-refractivity contribution in [2.24, 2.45) is 0 Å². The quantitative estimate of drug-likeness (QED) is 0.662. The van der Waals surface area contributed by atoms with Crippen molar-refractivity contribution in [1.29, 1.82) is 0 Å². The number of ether oxygens (including phenoxy) is 1. The van der Waals surface area contributed by atoms with Crippen LogP contribution in [0.1, 0.15) is 12.7 Å². The molecule has 1 amide bonds. The lowest BCUT2D eigenvalue weighted by atomic mass is 10.2. The zero-order valence-corrected chi connectivity index (χ0v) is 16.6. The van der Waals surface area contributed by atoms with Crippen molar-refractivity contribution in [2.75, 3.05) is 31.1 Å². The number of nitrogens with zero attached hydrogens (tertiary/aromatic N) is 6. The summed E-state index contributed by atoms with van der Waals surface area (Å²) >= 11 is 0. The van der Waals surface area contributed by atoms with E-state index in [2.05, 4.69) is 19.9 Å². The average molecular weight is 392 g/mol. The van der Waals surface area contributed by atoms with Gasteiger partial charge in [0.15, 0.2) is 6.10 Å². The van der Waals surface area contributed by atoms with Gasteiger partial charge in [0, 0.05) is 44.6 Å². The lowest BCUT2D eigenvalue weighted by molar-refractivity contribution is -0.138. The number of piperazine rings is 1. The van der Waals surface area contributed by atoms with Gasteiger partial charge in [-0.3, -0.25) is 9.36 Å². The van der Waals surface area contributed by atoms with Gasteiger partial charge in [0.2, 0.25) is 0 Å². The van der Waals surface area contributed by atoms with E-state index in [1.807, 2.05) is 59.0 Å². The molecule has 1 atom stereocenters. The monoisotopic (exact) mass is 392 g/mol. The van der Waals surface area contributed by atoms with Crippen LogP contribution in [0.4, 0.5) is 5.82 Å². The van der Waals surface area contributed by atoms with Crippen molar-refractivity contribution >= 4 is 11.7 Å². The van der Waals surface area contributed by atoms with Crippen LogP contribution in [0.15, 0.2) is 55.1 Å². The van der Waals surface area contributed by atoms with Gasteiger partial charge in [0.1, 0.15) is 29.5 Å². The molecule has 0 unspecified atom stereocenters. The summed E-state index contributed by atoms with van der Waals surface area (Å²) in [6, 6.07) is 11.4. The lowest BCUT2D eigenvalue weighted by Gasteiger charge is -2.36. The van der Waals surface area contributed by atoms with Crippen LogP contribution in [0.2, 0.25) is 0 Å². The molecule has 29 heavy (non-hydrogen) atoms. The van der Waals surface area contributed by atoms with Crippen LogP contribution >= 0.6 is 0 Å². The third-order valence-electron chi connectivity index (χ3n) is 5.03. The molecule has 8 heteroatoms. The van der Waals surface area contributed by atoms with E-state index in [-0.39, 0.29) is 5.91 Å². The van der Waals surface area contributed by atoms with E-state index in [4.69, 9.17) is 4.74 Å². The van der Waals surface area contributed by atoms with Crippen molar-refractivity contribution in [3.05, 3.63) is 60.9 Å². The molecule has 150 valence electrons. The van der Waals surface area contributed by atoms with E-state index >= 15 is 0 Å². The molecular formula is C21H24N6O2. The van der Waals surface area contributed by atoms with Crippen LogP contribution in [0.3, 0.4) is 0 Å². The molecule has 0 bridgehead atoms. The Morgan fingerprint density at radius 3 is 2.45 bits per heavy atom. The van der Waals surface area contributed by atoms with Crippen molar-refractivity contribution in [2.45, 2.75) is 20.0 Å².